The van der Waals surface area contributed by atoms with Gasteiger partial charge in [0.05, 0.1) is 12.3 Å². The summed E-state index contributed by atoms with van der Waals surface area (Å²) in [4.78, 5) is 16.5. The number of urea groups is 1. The van der Waals surface area contributed by atoms with E-state index < -0.39 is 0 Å². The molecule has 2 amide bonds. The molecule has 6 heteroatoms. The molecule has 0 radical (unpaired) electrons. The third-order valence-electron chi connectivity index (χ3n) is 3.76. The predicted octanol–water partition coefficient (Wildman–Crippen LogP) is 2.97. The van der Waals surface area contributed by atoms with Gasteiger partial charge in [0.1, 0.15) is 0 Å². The van der Waals surface area contributed by atoms with E-state index in [0.29, 0.717) is 11.7 Å². The number of carbonyl (C=O) groups is 1. The largest absolute Gasteiger partial charge is 0.378 e. The first-order valence-corrected chi connectivity index (χ1v) is 8.05. The lowest BCUT2D eigenvalue weighted by Crippen LogP contribution is -2.48. The highest BCUT2D eigenvalue weighted by Gasteiger charge is 2.34. The number of benzene rings is 1. The van der Waals surface area contributed by atoms with E-state index in [1.807, 2.05) is 17.5 Å². The molecule has 0 atom stereocenters. The summed E-state index contributed by atoms with van der Waals surface area (Å²) in [5, 5.41) is 8.35. The first-order valence-electron chi connectivity index (χ1n) is 7.17. The molecule has 0 saturated heterocycles. The third-order valence-corrected chi connectivity index (χ3v) is 4.57. The molecule has 1 aliphatic carbocycles. The molecule has 0 bridgehead atoms. The lowest BCUT2D eigenvalue weighted by atomic mass is 9.99. The molecule has 1 aromatic heterocycles. The number of nitrogens with zero attached hydrogens (tertiary/aromatic N) is 1. The topological polar surface area (TPSA) is 63.2 Å². The number of amides is 2. The maximum Gasteiger partial charge on any atom is 0.321 e. The lowest BCUT2D eigenvalue weighted by molar-refractivity contribution is 0.182. The number of methoxy groups -OCH3 is 1. The monoisotopic (exact) mass is 317 g/mol. The van der Waals surface area contributed by atoms with Gasteiger partial charge >= 0.3 is 6.03 Å². The molecule has 1 aliphatic rings. The van der Waals surface area contributed by atoms with Crippen molar-refractivity contribution in [3.8, 4) is 0 Å². The summed E-state index contributed by atoms with van der Waals surface area (Å²) >= 11 is 1.40. The van der Waals surface area contributed by atoms with E-state index in [2.05, 4.69) is 34.7 Å². The van der Waals surface area contributed by atoms with Gasteiger partial charge in [-0.05, 0) is 30.9 Å². The van der Waals surface area contributed by atoms with Gasteiger partial charge in [0, 0.05) is 18.0 Å². The van der Waals surface area contributed by atoms with Crippen LogP contribution in [0.5, 0.6) is 0 Å². The van der Waals surface area contributed by atoms with E-state index in [1.54, 1.807) is 7.11 Å². The number of carbonyl (C=O) groups excluding carboxylic acids is 1. The molecule has 2 N–H and O–H groups in total. The second-order valence-electron chi connectivity index (χ2n) is 5.84. The van der Waals surface area contributed by atoms with Crippen molar-refractivity contribution in [2.45, 2.75) is 31.9 Å². The zero-order valence-corrected chi connectivity index (χ0v) is 13.5. The second kappa shape index (κ2) is 6.06. The minimum absolute atomic E-state index is 0.214. The number of hydrogen-bond acceptors (Lipinski definition) is 4. The highest BCUT2D eigenvalue weighted by molar-refractivity contribution is 7.13. The summed E-state index contributed by atoms with van der Waals surface area (Å²) in [6.45, 7) is 2.53. The van der Waals surface area contributed by atoms with Crippen molar-refractivity contribution >= 4 is 22.5 Å². The van der Waals surface area contributed by atoms with Crippen LogP contribution in [0, 0.1) is 0 Å². The van der Waals surface area contributed by atoms with Crippen molar-refractivity contribution in [3.05, 3.63) is 46.5 Å². The number of rotatable bonds is 4. The van der Waals surface area contributed by atoms with Gasteiger partial charge in [0.2, 0.25) is 0 Å². The van der Waals surface area contributed by atoms with Gasteiger partial charge in [0.25, 0.3) is 0 Å². The number of ether oxygens (including phenoxy) is 1. The predicted molar refractivity (Wildman–Crippen MR) is 87.2 cm³/mol. The van der Waals surface area contributed by atoms with Crippen molar-refractivity contribution in [3.63, 3.8) is 0 Å². The standard InChI is InChI=1S/C16H19N3O2S/c1-16(7-11-5-3-4-6-12(11)8-16)19-14(20)18-15-17-13(9-21-2)10-22-15/h3-6,10H,7-9H2,1-2H3,(H2,17,18,19,20). The van der Waals surface area contributed by atoms with Crippen LogP contribution in [0.1, 0.15) is 23.7 Å². The molecule has 0 spiro atoms. The number of nitrogens with one attached hydrogen (secondary N) is 2. The molecule has 0 unspecified atom stereocenters. The SMILES string of the molecule is COCc1csc(NC(=O)NC2(C)Cc3ccccc3C2)n1. The molecular weight excluding hydrogens is 298 g/mol. The van der Waals surface area contributed by atoms with E-state index >= 15 is 0 Å². The second-order valence-corrected chi connectivity index (χ2v) is 6.70. The Labute approximate surface area is 133 Å². The summed E-state index contributed by atoms with van der Waals surface area (Å²) < 4.78 is 5.02. The molecule has 116 valence electrons. The summed E-state index contributed by atoms with van der Waals surface area (Å²) in [5.74, 6) is 0. The van der Waals surface area contributed by atoms with Crippen LogP contribution in [0.2, 0.25) is 0 Å². The highest BCUT2D eigenvalue weighted by atomic mass is 32.1. The average molecular weight is 317 g/mol. The number of hydrogen-bond donors (Lipinski definition) is 2. The first kappa shape index (κ1) is 15.0. The van der Waals surface area contributed by atoms with E-state index in [9.17, 15) is 4.79 Å². The Kier molecular flexibility index (Phi) is 4.13. The van der Waals surface area contributed by atoms with Crippen LogP contribution in [-0.2, 0) is 24.2 Å². The average Bonchev–Trinajstić information content (AvgIpc) is 3.01. The Morgan fingerprint density at radius 2 is 2.05 bits per heavy atom. The van der Waals surface area contributed by atoms with Crippen molar-refractivity contribution in [2.24, 2.45) is 0 Å². The van der Waals surface area contributed by atoms with Crippen molar-refractivity contribution < 1.29 is 9.53 Å². The Hall–Kier alpha value is -1.92. The maximum atomic E-state index is 12.2. The van der Waals surface area contributed by atoms with Gasteiger partial charge in [-0.1, -0.05) is 24.3 Å². The van der Waals surface area contributed by atoms with Crippen molar-refractivity contribution in [1.82, 2.24) is 10.3 Å². The molecule has 1 heterocycles. The maximum absolute atomic E-state index is 12.2. The van der Waals surface area contributed by atoms with Crippen LogP contribution >= 0.6 is 11.3 Å². The molecule has 5 nitrogen and oxygen atoms in total. The van der Waals surface area contributed by atoms with Crippen LogP contribution in [-0.4, -0.2) is 23.7 Å². The fourth-order valence-electron chi connectivity index (χ4n) is 2.88. The first-order chi connectivity index (χ1) is 10.6. The Balaban J connectivity index is 1.60. The van der Waals surface area contributed by atoms with E-state index in [1.165, 1.54) is 22.5 Å². The molecular formula is C16H19N3O2S. The number of fused-ring (bicyclic) bond motifs is 1. The molecule has 0 aliphatic heterocycles. The minimum atomic E-state index is -0.250. The summed E-state index contributed by atoms with van der Waals surface area (Å²) in [6.07, 6.45) is 1.70. The quantitative estimate of drug-likeness (QED) is 0.911. The Morgan fingerprint density at radius 3 is 2.68 bits per heavy atom. The molecule has 1 aromatic carbocycles. The fourth-order valence-corrected chi connectivity index (χ4v) is 3.57. The van der Waals surface area contributed by atoms with Crippen LogP contribution in [0.25, 0.3) is 0 Å². The third kappa shape index (κ3) is 3.28. The Bertz CT molecular complexity index is 659. The normalized spacial score (nSPS) is 15.4. The minimum Gasteiger partial charge on any atom is -0.378 e. The van der Waals surface area contributed by atoms with E-state index in [-0.39, 0.29) is 11.6 Å². The summed E-state index contributed by atoms with van der Waals surface area (Å²) in [5.41, 5.74) is 3.19. The number of anilines is 1. The number of thiazole rings is 1. The summed E-state index contributed by atoms with van der Waals surface area (Å²) in [7, 11) is 1.62. The molecule has 0 saturated carbocycles. The van der Waals surface area contributed by atoms with Gasteiger partial charge in [-0.15, -0.1) is 11.3 Å². The molecule has 3 rings (SSSR count). The van der Waals surface area contributed by atoms with Gasteiger partial charge in [-0.2, -0.15) is 0 Å². The van der Waals surface area contributed by atoms with Gasteiger partial charge in [0.15, 0.2) is 5.13 Å². The lowest BCUT2D eigenvalue weighted by Gasteiger charge is -2.25. The van der Waals surface area contributed by atoms with Crippen LogP contribution < -0.4 is 10.6 Å². The van der Waals surface area contributed by atoms with E-state index in [0.717, 1.165) is 18.5 Å². The zero-order chi connectivity index (χ0) is 15.6. The van der Waals surface area contributed by atoms with Gasteiger partial charge in [-0.3, -0.25) is 5.32 Å². The van der Waals surface area contributed by atoms with Crippen LogP contribution in [0.3, 0.4) is 0 Å². The highest BCUT2D eigenvalue weighted by Crippen LogP contribution is 2.29. The summed E-state index contributed by atoms with van der Waals surface area (Å²) in [6, 6.07) is 8.11. The number of aromatic nitrogens is 1. The van der Waals surface area contributed by atoms with Crippen LogP contribution in [0.15, 0.2) is 29.6 Å². The van der Waals surface area contributed by atoms with E-state index in [4.69, 9.17) is 4.74 Å². The molecule has 2 aromatic rings. The van der Waals surface area contributed by atoms with Crippen LogP contribution in [0.4, 0.5) is 9.93 Å². The Morgan fingerprint density at radius 1 is 1.36 bits per heavy atom. The molecule has 22 heavy (non-hydrogen) atoms. The zero-order valence-electron chi connectivity index (χ0n) is 12.7. The van der Waals surface area contributed by atoms with Crippen molar-refractivity contribution in [2.75, 3.05) is 12.4 Å². The van der Waals surface area contributed by atoms with Gasteiger partial charge < -0.3 is 10.1 Å². The smallest absolute Gasteiger partial charge is 0.321 e. The van der Waals surface area contributed by atoms with Gasteiger partial charge in [-0.25, -0.2) is 9.78 Å². The van der Waals surface area contributed by atoms with Crippen molar-refractivity contribution in [1.29, 1.82) is 0 Å². The molecule has 0 fully saturated rings. The fraction of sp³-hybridized carbons (Fsp3) is 0.375.